The second kappa shape index (κ2) is 10.5. The van der Waals surface area contributed by atoms with Gasteiger partial charge >= 0.3 is 11.7 Å². The number of H-pyrrole nitrogens is 2. The molecule has 0 radical (unpaired) electrons. The third-order valence-corrected chi connectivity index (χ3v) is 3.54. The summed E-state index contributed by atoms with van der Waals surface area (Å²) in [6.07, 6.45) is 5.46. The minimum Gasteiger partial charge on any atom is -1.00 e. The fourth-order valence-electron chi connectivity index (χ4n) is 2.41. The molecule has 0 spiro atoms. The van der Waals surface area contributed by atoms with Crippen LogP contribution in [0.15, 0.2) is 35.4 Å². The maximum atomic E-state index is 12.3. The molecule has 0 aliphatic carbocycles. The highest BCUT2D eigenvalue weighted by atomic mass is 35.5. The molecule has 0 saturated heterocycles. The van der Waals surface area contributed by atoms with Gasteiger partial charge in [-0.25, -0.2) is 4.79 Å². The van der Waals surface area contributed by atoms with Crippen molar-refractivity contribution < 1.29 is 31.3 Å². The van der Waals surface area contributed by atoms with Crippen LogP contribution in [0.1, 0.15) is 48.8 Å². The van der Waals surface area contributed by atoms with Crippen LogP contribution in [0.25, 0.3) is 0 Å². The highest BCUT2D eigenvalue weighted by Gasteiger charge is 2.18. The number of unbranched alkanes of at least 4 members (excludes halogenated alkanes) is 1. The van der Waals surface area contributed by atoms with Crippen LogP contribution < -0.4 is 22.7 Å². The predicted molar refractivity (Wildman–Crippen MR) is 86.6 cm³/mol. The molecule has 2 heterocycles. The largest absolute Gasteiger partial charge is 1.00 e. The molecule has 25 heavy (non-hydrogen) atoms. The summed E-state index contributed by atoms with van der Waals surface area (Å²) >= 11 is 0. The van der Waals surface area contributed by atoms with Gasteiger partial charge in [-0.15, -0.1) is 0 Å². The number of ketones is 1. The van der Waals surface area contributed by atoms with E-state index in [4.69, 9.17) is 4.74 Å². The first kappa shape index (κ1) is 20.6. The number of halogens is 1. The normalized spacial score (nSPS) is 10.1. The fourth-order valence-corrected chi connectivity index (χ4v) is 2.41. The quantitative estimate of drug-likeness (QED) is 0.240. The standard InChI is InChI=1S/C17H21N3O4.ClH/c1-2-24-15(22)9-5-4-8-14(21)16-13(18-17(23)19-16)12-20-10-6-3-7-11-20;/h3,6-7,10-11H,2,4-5,8-9,12H2,1H3,(H-,18,19,21,23);1H. The van der Waals surface area contributed by atoms with Crippen molar-refractivity contribution >= 4 is 11.8 Å². The molecule has 2 N–H and O–H groups in total. The molecule has 0 atom stereocenters. The maximum Gasteiger partial charge on any atom is 0.323 e. The van der Waals surface area contributed by atoms with Crippen LogP contribution in [0.2, 0.25) is 0 Å². The van der Waals surface area contributed by atoms with E-state index >= 15 is 0 Å². The number of esters is 1. The van der Waals surface area contributed by atoms with E-state index in [1.807, 2.05) is 35.2 Å². The van der Waals surface area contributed by atoms with Gasteiger partial charge in [0.15, 0.2) is 24.7 Å². The number of nitrogens with zero attached hydrogens (tertiary/aromatic N) is 1. The van der Waals surface area contributed by atoms with Gasteiger partial charge in [-0.2, -0.15) is 4.57 Å². The summed E-state index contributed by atoms with van der Waals surface area (Å²) < 4.78 is 6.71. The zero-order valence-electron chi connectivity index (χ0n) is 14.1. The Morgan fingerprint density at radius 1 is 1.08 bits per heavy atom. The number of hydrogen-bond donors (Lipinski definition) is 2. The second-order valence-electron chi connectivity index (χ2n) is 5.42. The summed E-state index contributed by atoms with van der Waals surface area (Å²) in [5, 5.41) is 0. The van der Waals surface area contributed by atoms with Crippen LogP contribution in [0.3, 0.4) is 0 Å². The van der Waals surface area contributed by atoms with Gasteiger partial charge in [0.1, 0.15) is 11.4 Å². The van der Waals surface area contributed by atoms with Gasteiger partial charge in [0.05, 0.1) is 6.61 Å². The maximum absolute atomic E-state index is 12.3. The number of nitrogens with one attached hydrogen (secondary N) is 2. The van der Waals surface area contributed by atoms with Gasteiger partial charge in [0, 0.05) is 25.0 Å². The van der Waals surface area contributed by atoms with Crippen LogP contribution in [-0.4, -0.2) is 28.3 Å². The third-order valence-electron chi connectivity index (χ3n) is 3.54. The lowest BCUT2D eigenvalue weighted by molar-refractivity contribution is -0.688. The number of pyridine rings is 1. The zero-order valence-corrected chi connectivity index (χ0v) is 14.8. The number of carbonyl (C=O) groups is 2. The van der Waals surface area contributed by atoms with E-state index in [2.05, 4.69) is 9.97 Å². The first-order valence-electron chi connectivity index (χ1n) is 8.04. The Bertz CT molecular complexity index is 740. The van der Waals surface area contributed by atoms with E-state index in [1.165, 1.54) is 0 Å². The molecular formula is C17H22ClN3O4. The van der Waals surface area contributed by atoms with E-state index in [-0.39, 0.29) is 30.6 Å². The molecule has 2 aromatic heterocycles. The average molecular weight is 368 g/mol. The molecule has 0 unspecified atom stereocenters. The van der Waals surface area contributed by atoms with Crippen molar-refractivity contribution in [1.82, 2.24) is 9.97 Å². The first-order valence-corrected chi connectivity index (χ1v) is 8.04. The molecule has 7 nitrogen and oxygen atoms in total. The lowest BCUT2D eigenvalue weighted by Crippen LogP contribution is -3.00. The molecular weight excluding hydrogens is 346 g/mol. The number of carbonyl (C=O) groups excluding carboxylic acids is 2. The number of Topliss-reactive ketones (excluding diaryl/α,β-unsaturated/α-hetero) is 1. The van der Waals surface area contributed by atoms with E-state index in [1.54, 1.807) is 6.92 Å². The monoisotopic (exact) mass is 367 g/mol. The number of aromatic nitrogens is 3. The SMILES string of the molecule is CCOC(=O)CCCCC(=O)c1[nH]c(=O)[nH]c1C[n+]1ccccc1.[Cl-]. The topological polar surface area (TPSA) is 95.9 Å². The minimum atomic E-state index is -0.392. The lowest BCUT2D eigenvalue weighted by atomic mass is 10.1. The molecule has 0 fully saturated rings. The van der Waals surface area contributed by atoms with Crippen LogP contribution in [0.5, 0.6) is 0 Å². The summed E-state index contributed by atoms with van der Waals surface area (Å²) in [5.74, 6) is -0.384. The van der Waals surface area contributed by atoms with Gasteiger partial charge in [-0.1, -0.05) is 6.07 Å². The summed E-state index contributed by atoms with van der Waals surface area (Å²) in [6.45, 7) is 2.53. The van der Waals surface area contributed by atoms with Crippen molar-refractivity contribution in [2.45, 2.75) is 39.2 Å². The summed E-state index contributed by atoms with van der Waals surface area (Å²) in [4.78, 5) is 40.4. The van der Waals surface area contributed by atoms with Gasteiger partial charge in [-0.05, 0) is 19.8 Å². The Balaban J connectivity index is 0.00000312. The highest BCUT2D eigenvalue weighted by molar-refractivity contribution is 5.95. The first-order chi connectivity index (χ1) is 11.6. The number of ether oxygens (including phenoxy) is 1. The fraction of sp³-hybridized carbons (Fsp3) is 0.412. The summed E-state index contributed by atoms with van der Waals surface area (Å²) in [6, 6.07) is 5.65. The van der Waals surface area contributed by atoms with Crippen molar-refractivity contribution in [2.75, 3.05) is 6.61 Å². The van der Waals surface area contributed by atoms with Gasteiger partial charge < -0.3 is 27.1 Å². The second-order valence-corrected chi connectivity index (χ2v) is 5.42. The molecule has 0 saturated carbocycles. The van der Waals surface area contributed by atoms with Crippen molar-refractivity contribution in [3.63, 3.8) is 0 Å². The average Bonchev–Trinajstić information content (AvgIpc) is 2.93. The molecule has 2 rings (SSSR count). The van der Waals surface area contributed by atoms with Gasteiger partial charge in [0.2, 0.25) is 0 Å². The highest BCUT2D eigenvalue weighted by Crippen LogP contribution is 2.09. The van der Waals surface area contributed by atoms with Gasteiger partial charge in [0.25, 0.3) is 0 Å². The van der Waals surface area contributed by atoms with Crippen molar-refractivity contribution in [1.29, 1.82) is 0 Å². The Morgan fingerprint density at radius 3 is 2.44 bits per heavy atom. The molecule has 0 aliphatic heterocycles. The molecule has 0 amide bonds. The lowest BCUT2D eigenvalue weighted by Gasteiger charge is -2.02. The van der Waals surface area contributed by atoms with Crippen molar-refractivity contribution in [3.05, 3.63) is 52.5 Å². The van der Waals surface area contributed by atoms with Gasteiger partial charge in [-0.3, -0.25) is 9.59 Å². The van der Waals surface area contributed by atoms with E-state index in [0.29, 0.717) is 43.8 Å². The number of hydrogen-bond acceptors (Lipinski definition) is 4. The molecule has 136 valence electrons. The predicted octanol–water partition coefficient (Wildman–Crippen LogP) is -1.65. The van der Waals surface area contributed by atoms with Crippen LogP contribution in [-0.2, 0) is 16.1 Å². The minimum absolute atomic E-state index is 0. The number of aromatic amines is 2. The summed E-state index contributed by atoms with van der Waals surface area (Å²) in [5.41, 5.74) is 0.482. The Morgan fingerprint density at radius 2 is 1.76 bits per heavy atom. The van der Waals surface area contributed by atoms with Crippen molar-refractivity contribution in [2.24, 2.45) is 0 Å². The smallest absolute Gasteiger partial charge is 0.323 e. The molecule has 8 heteroatoms. The van der Waals surface area contributed by atoms with E-state index < -0.39 is 5.69 Å². The van der Waals surface area contributed by atoms with Crippen LogP contribution >= 0.6 is 0 Å². The van der Waals surface area contributed by atoms with Crippen molar-refractivity contribution in [3.8, 4) is 0 Å². The molecule has 0 bridgehead atoms. The van der Waals surface area contributed by atoms with Crippen LogP contribution in [0, 0.1) is 0 Å². The Hall–Kier alpha value is -2.41. The Labute approximate surface area is 151 Å². The molecule has 0 aliphatic rings. The summed E-state index contributed by atoms with van der Waals surface area (Å²) in [7, 11) is 0. The molecule has 0 aromatic carbocycles. The Kier molecular flexibility index (Phi) is 8.63. The number of rotatable bonds is 9. The van der Waals surface area contributed by atoms with E-state index in [9.17, 15) is 14.4 Å². The number of imidazole rings is 1. The molecule has 2 aromatic rings. The third kappa shape index (κ3) is 6.54. The zero-order chi connectivity index (χ0) is 17.4. The van der Waals surface area contributed by atoms with E-state index in [0.717, 1.165) is 0 Å². The van der Waals surface area contributed by atoms with Crippen LogP contribution in [0.4, 0.5) is 0 Å².